The van der Waals surface area contributed by atoms with Gasteiger partial charge in [-0.3, -0.25) is 0 Å². The van der Waals surface area contributed by atoms with Crippen molar-refractivity contribution in [3.05, 3.63) is 21.9 Å². The molecule has 2 fully saturated rings. The van der Waals surface area contributed by atoms with E-state index in [-0.39, 0.29) is 0 Å². The summed E-state index contributed by atoms with van der Waals surface area (Å²) in [5.74, 6) is 0.917. The number of hydrogen-bond acceptors (Lipinski definition) is 2. The van der Waals surface area contributed by atoms with Crippen molar-refractivity contribution in [3.8, 4) is 0 Å². The van der Waals surface area contributed by atoms with Gasteiger partial charge in [0.15, 0.2) is 0 Å². The Bertz CT molecular complexity index is 332. The average Bonchev–Trinajstić information content (AvgIpc) is 2.68. The molecule has 0 bridgehead atoms. The molecule has 0 radical (unpaired) electrons. The van der Waals surface area contributed by atoms with Gasteiger partial charge in [-0.15, -0.1) is 11.3 Å². The highest BCUT2D eigenvalue weighted by molar-refractivity contribution is 7.12. The predicted octanol–water partition coefficient (Wildman–Crippen LogP) is 2.70. The third-order valence-corrected chi connectivity index (χ3v) is 5.08. The van der Waals surface area contributed by atoms with Crippen molar-refractivity contribution >= 4 is 11.3 Å². The van der Waals surface area contributed by atoms with Crippen LogP contribution in [0.2, 0.25) is 0 Å². The monoisotopic (exact) mass is 207 g/mol. The zero-order valence-electron chi connectivity index (χ0n) is 8.68. The lowest BCUT2D eigenvalue weighted by molar-refractivity contribution is 0.446. The van der Waals surface area contributed by atoms with Gasteiger partial charge < -0.3 is 5.32 Å². The van der Waals surface area contributed by atoms with E-state index < -0.39 is 0 Å². The number of rotatable bonds is 2. The van der Waals surface area contributed by atoms with E-state index in [4.69, 9.17) is 0 Å². The van der Waals surface area contributed by atoms with Gasteiger partial charge in [-0.1, -0.05) is 0 Å². The Balaban J connectivity index is 1.89. The van der Waals surface area contributed by atoms with E-state index in [1.165, 1.54) is 37.2 Å². The standard InChI is InChI=1S/C12H17NS/c1-9-2-3-11(14-9)12(5-6-12)10-4-7-13-8-10/h2-3,10,13H,4-8H2,1H3. The van der Waals surface area contributed by atoms with E-state index >= 15 is 0 Å². The van der Waals surface area contributed by atoms with Crippen LogP contribution < -0.4 is 5.32 Å². The van der Waals surface area contributed by atoms with Gasteiger partial charge in [0.25, 0.3) is 0 Å². The summed E-state index contributed by atoms with van der Waals surface area (Å²) in [6.45, 7) is 4.70. The molecule has 1 aliphatic heterocycles. The molecule has 1 aliphatic carbocycles. The first-order valence-corrected chi connectivity index (χ1v) is 6.40. The van der Waals surface area contributed by atoms with Crippen LogP contribution in [0.5, 0.6) is 0 Å². The van der Waals surface area contributed by atoms with Crippen LogP contribution in [-0.4, -0.2) is 13.1 Å². The zero-order valence-corrected chi connectivity index (χ0v) is 9.49. The number of hydrogen-bond donors (Lipinski definition) is 1. The second kappa shape index (κ2) is 3.07. The Labute approximate surface area is 89.5 Å². The highest BCUT2D eigenvalue weighted by atomic mass is 32.1. The van der Waals surface area contributed by atoms with Crippen LogP contribution in [0.25, 0.3) is 0 Å². The Morgan fingerprint density at radius 3 is 2.79 bits per heavy atom. The summed E-state index contributed by atoms with van der Waals surface area (Å²) in [6.07, 6.45) is 4.25. The first-order valence-electron chi connectivity index (χ1n) is 5.59. The molecule has 1 atom stereocenters. The van der Waals surface area contributed by atoms with Crippen molar-refractivity contribution in [1.82, 2.24) is 5.32 Å². The number of nitrogens with one attached hydrogen (secondary N) is 1. The SMILES string of the molecule is Cc1ccc(C2(C3CCNC3)CC2)s1. The highest BCUT2D eigenvalue weighted by Gasteiger charge is 2.51. The van der Waals surface area contributed by atoms with Crippen LogP contribution in [0.3, 0.4) is 0 Å². The Hall–Kier alpha value is -0.340. The summed E-state index contributed by atoms with van der Waals surface area (Å²) in [4.78, 5) is 3.13. The summed E-state index contributed by atoms with van der Waals surface area (Å²) < 4.78 is 0. The topological polar surface area (TPSA) is 12.0 Å². The normalized spacial score (nSPS) is 29.4. The maximum atomic E-state index is 3.50. The van der Waals surface area contributed by atoms with E-state index in [1.807, 2.05) is 11.3 Å². The van der Waals surface area contributed by atoms with Crippen LogP contribution >= 0.6 is 11.3 Å². The fraction of sp³-hybridized carbons (Fsp3) is 0.667. The second-order valence-corrected chi connectivity index (χ2v) is 6.04. The summed E-state index contributed by atoms with van der Waals surface area (Å²) in [5.41, 5.74) is 0.600. The maximum Gasteiger partial charge on any atom is 0.0113 e. The number of aryl methyl sites for hydroxylation is 1. The smallest absolute Gasteiger partial charge is 0.0113 e. The van der Waals surface area contributed by atoms with Crippen molar-refractivity contribution in [2.75, 3.05) is 13.1 Å². The van der Waals surface area contributed by atoms with Gasteiger partial charge in [0.2, 0.25) is 0 Å². The quantitative estimate of drug-likeness (QED) is 0.786. The summed E-state index contributed by atoms with van der Waals surface area (Å²) in [6, 6.07) is 4.65. The molecule has 1 aromatic heterocycles. The van der Waals surface area contributed by atoms with Crippen LogP contribution in [0, 0.1) is 12.8 Å². The van der Waals surface area contributed by atoms with Crippen molar-refractivity contribution in [2.24, 2.45) is 5.92 Å². The molecule has 1 saturated carbocycles. The molecule has 3 rings (SSSR count). The van der Waals surface area contributed by atoms with E-state index in [0.29, 0.717) is 5.41 Å². The lowest BCUT2D eigenvalue weighted by Crippen LogP contribution is -2.21. The van der Waals surface area contributed by atoms with Crippen LogP contribution in [0.4, 0.5) is 0 Å². The molecule has 0 amide bonds. The molecule has 14 heavy (non-hydrogen) atoms. The van der Waals surface area contributed by atoms with Crippen molar-refractivity contribution in [1.29, 1.82) is 0 Å². The van der Waals surface area contributed by atoms with E-state index in [2.05, 4.69) is 24.4 Å². The molecular weight excluding hydrogens is 190 g/mol. The summed E-state index contributed by atoms with van der Waals surface area (Å²) >= 11 is 2.02. The molecule has 1 unspecified atom stereocenters. The Morgan fingerprint density at radius 1 is 1.43 bits per heavy atom. The summed E-state index contributed by atoms with van der Waals surface area (Å²) in [5, 5.41) is 3.50. The molecule has 0 aromatic carbocycles. The third kappa shape index (κ3) is 1.24. The van der Waals surface area contributed by atoms with Gasteiger partial charge >= 0.3 is 0 Å². The zero-order chi connectivity index (χ0) is 9.60. The molecule has 0 spiro atoms. The van der Waals surface area contributed by atoms with Gasteiger partial charge in [-0.2, -0.15) is 0 Å². The first-order chi connectivity index (χ1) is 6.81. The molecule has 2 aliphatic rings. The van der Waals surface area contributed by atoms with Crippen molar-refractivity contribution < 1.29 is 0 Å². The molecule has 2 heteroatoms. The van der Waals surface area contributed by atoms with Crippen LogP contribution in [0.15, 0.2) is 12.1 Å². The van der Waals surface area contributed by atoms with Gasteiger partial charge in [0, 0.05) is 15.2 Å². The Kier molecular flexibility index (Phi) is 1.96. The van der Waals surface area contributed by atoms with Crippen LogP contribution in [-0.2, 0) is 5.41 Å². The molecule has 1 saturated heterocycles. The van der Waals surface area contributed by atoms with Crippen molar-refractivity contribution in [3.63, 3.8) is 0 Å². The summed E-state index contributed by atoms with van der Waals surface area (Å²) in [7, 11) is 0. The minimum atomic E-state index is 0.600. The van der Waals surface area contributed by atoms with E-state index in [9.17, 15) is 0 Å². The van der Waals surface area contributed by atoms with E-state index in [1.54, 1.807) is 4.88 Å². The third-order valence-electron chi connectivity index (χ3n) is 3.86. The van der Waals surface area contributed by atoms with Gasteiger partial charge in [-0.25, -0.2) is 0 Å². The molecule has 1 aromatic rings. The van der Waals surface area contributed by atoms with E-state index in [0.717, 1.165) is 5.92 Å². The maximum absolute atomic E-state index is 3.50. The first kappa shape index (κ1) is 8.93. The Morgan fingerprint density at radius 2 is 2.29 bits per heavy atom. The minimum absolute atomic E-state index is 0.600. The average molecular weight is 207 g/mol. The fourth-order valence-corrected chi connectivity index (χ4v) is 4.01. The molecule has 1 nitrogen and oxygen atoms in total. The molecule has 76 valence electrons. The lowest BCUT2D eigenvalue weighted by Gasteiger charge is -2.20. The van der Waals surface area contributed by atoms with Crippen LogP contribution in [0.1, 0.15) is 29.0 Å². The fourth-order valence-electron chi connectivity index (χ4n) is 2.82. The molecule has 2 heterocycles. The largest absolute Gasteiger partial charge is 0.316 e. The molecule has 1 N–H and O–H groups in total. The van der Waals surface area contributed by atoms with Gasteiger partial charge in [0.05, 0.1) is 0 Å². The van der Waals surface area contributed by atoms with Crippen molar-refractivity contribution in [2.45, 2.75) is 31.6 Å². The minimum Gasteiger partial charge on any atom is -0.316 e. The van der Waals surface area contributed by atoms with Gasteiger partial charge in [0.1, 0.15) is 0 Å². The van der Waals surface area contributed by atoms with Gasteiger partial charge in [-0.05, 0) is 57.3 Å². The second-order valence-electron chi connectivity index (χ2n) is 4.76. The number of thiophene rings is 1. The predicted molar refractivity (Wildman–Crippen MR) is 60.9 cm³/mol. The lowest BCUT2D eigenvalue weighted by atomic mass is 9.87. The molecular formula is C12H17NS. The highest BCUT2D eigenvalue weighted by Crippen LogP contribution is 2.57.